The van der Waals surface area contributed by atoms with E-state index >= 15 is 0 Å². The summed E-state index contributed by atoms with van der Waals surface area (Å²) in [5, 5.41) is 2.93. The Labute approximate surface area is 162 Å². The number of methoxy groups -OCH3 is 1. The first kappa shape index (κ1) is 22.5. The second-order valence-electron chi connectivity index (χ2n) is 6.97. The Morgan fingerprint density at radius 2 is 1.88 bits per heavy atom. The van der Waals surface area contributed by atoms with Crippen molar-refractivity contribution < 1.29 is 19.0 Å². The van der Waals surface area contributed by atoms with Crippen LogP contribution in [-0.4, -0.2) is 44.4 Å². The van der Waals surface area contributed by atoms with E-state index in [-0.39, 0.29) is 29.8 Å². The van der Waals surface area contributed by atoms with E-state index in [4.69, 9.17) is 19.9 Å². The van der Waals surface area contributed by atoms with Gasteiger partial charge in [-0.3, -0.25) is 4.79 Å². The van der Waals surface area contributed by atoms with Crippen molar-refractivity contribution in [2.75, 3.05) is 26.9 Å². The summed E-state index contributed by atoms with van der Waals surface area (Å²) >= 11 is 0. The van der Waals surface area contributed by atoms with Crippen LogP contribution in [0.15, 0.2) is 24.3 Å². The molecule has 148 valence electrons. The van der Waals surface area contributed by atoms with E-state index in [0.717, 1.165) is 11.5 Å². The molecule has 2 atom stereocenters. The lowest BCUT2D eigenvalue weighted by Gasteiger charge is -2.57. The van der Waals surface area contributed by atoms with Crippen molar-refractivity contribution in [1.29, 1.82) is 0 Å². The maximum absolute atomic E-state index is 12.5. The second kappa shape index (κ2) is 9.44. The molecular weight excluding hydrogens is 356 g/mol. The molecule has 0 aliphatic heterocycles. The molecule has 0 spiro atoms. The van der Waals surface area contributed by atoms with Crippen molar-refractivity contribution in [1.82, 2.24) is 5.32 Å². The molecule has 0 aromatic heterocycles. The van der Waals surface area contributed by atoms with Gasteiger partial charge in [-0.2, -0.15) is 0 Å². The number of carbonyl (C=O) groups excluding carboxylic acids is 1. The molecule has 26 heavy (non-hydrogen) atoms. The average molecular weight is 387 g/mol. The van der Waals surface area contributed by atoms with Crippen LogP contribution in [0.25, 0.3) is 0 Å². The summed E-state index contributed by atoms with van der Waals surface area (Å²) in [6.45, 7) is 7.62. The van der Waals surface area contributed by atoms with Gasteiger partial charge in [0.05, 0.1) is 19.8 Å². The van der Waals surface area contributed by atoms with Gasteiger partial charge in [-0.15, -0.1) is 12.4 Å². The summed E-state index contributed by atoms with van der Waals surface area (Å²) in [6.07, 6.45) is 1.30. The predicted molar refractivity (Wildman–Crippen MR) is 104 cm³/mol. The molecule has 2 rings (SSSR count). The average Bonchev–Trinajstić information content (AvgIpc) is 2.61. The number of carbonyl (C=O) groups is 1. The minimum Gasteiger partial charge on any atom is -0.497 e. The zero-order valence-electron chi connectivity index (χ0n) is 16.0. The lowest BCUT2D eigenvalue weighted by Crippen LogP contribution is -2.75. The standard InChI is InChI=1S/C19H30N2O4.ClH/c1-5-24-16-13-19(20,18(16,2)3)17(22)21-11-6-12-25-15-9-7-14(23-4)8-10-15;/h7-10,16H,5-6,11-13,20H2,1-4H3,(H,21,22);1H. The number of ether oxygens (including phenoxy) is 3. The molecule has 6 nitrogen and oxygen atoms in total. The normalized spacial score (nSPS) is 23.3. The molecule has 3 N–H and O–H groups in total. The van der Waals surface area contributed by atoms with E-state index in [1.54, 1.807) is 7.11 Å². The van der Waals surface area contributed by atoms with Crippen molar-refractivity contribution in [3.05, 3.63) is 24.3 Å². The van der Waals surface area contributed by atoms with E-state index in [1.807, 2.05) is 45.0 Å². The summed E-state index contributed by atoms with van der Waals surface area (Å²) in [4.78, 5) is 12.5. The van der Waals surface area contributed by atoms with Gasteiger partial charge in [0.1, 0.15) is 17.0 Å². The zero-order valence-corrected chi connectivity index (χ0v) is 16.9. The molecule has 0 radical (unpaired) electrons. The largest absolute Gasteiger partial charge is 0.497 e. The number of amides is 1. The van der Waals surface area contributed by atoms with Crippen LogP contribution in [0.4, 0.5) is 0 Å². The van der Waals surface area contributed by atoms with Gasteiger partial charge < -0.3 is 25.3 Å². The Kier molecular flexibility index (Phi) is 8.18. The van der Waals surface area contributed by atoms with Gasteiger partial charge in [0.25, 0.3) is 0 Å². The number of hydrogen-bond acceptors (Lipinski definition) is 5. The summed E-state index contributed by atoms with van der Waals surface area (Å²) in [7, 11) is 1.63. The van der Waals surface area contributed by atoms with E-state index in [0.29, 0.717) is 32.6 Å². The molecule has 1 aromatic rings. The molecule has 1 saturated carbocycles. The summed E-state index contributed by atoms with van der Waals surface area (Å²) in [5.74, 6) is 1.46. The van der Waals surface area contributed by atoms with E-state index in [2.05, 4.69) is 5.32 Å². The Hall–Kier alpha value is -1.50. The number of benzene rings is 1. The van der Waals surface area contributed by atoms with Crippen LogP contribution < -0.4 is 20.5 Å². The predicted octanol–water partition coefficient (Wildman–Crippen LogP) is 2.53. The number of hydrogen-bond donors (Lipinski definition) is 2. The van der Waals surface area contributed by atoms with Gasteiger partial charge in [-0.25, -0.2) is 0 Å². The highest BCUT2D eigenvalue weighted by Gasteiger charge is 2.62. The smallest absolute Gasteiger partial charge is 0.240 e. The van der Waals surface area contributed by atoms with Crippen LogP contribution in [0.2, 0.25) is 0 Å². The van der Waals surface area contributed by atoms with E-state index < -0.39 is 5.54 Å². The first-order valence-electron chi connectivity index (χ1n) is 8.80. The molecule has 2 unspecified atom stereocenters. The number of rotatable bonds is 9. The first-order chi connectivity index (χ1) is 11.8. The van der Waals surface area contributed by atoms with Crippen molar-refractivity contribution >= 4 is 18.3 Å². The van der Waals surface area contributed by atoms with Gasteiger partial charge in [-0.05, 0) is 37.6 Å². The zero-order chi connectivity index (χ0) is 18.5. The van der Waals surface area contributed by atoms with Crippen LogP contribution >= 0.6 is 12.4 Å². The van der Waals surface area contributed by atoms with Crippen molar-refractivity contribution in [2.45, 2.75) is 45.3 Å². The van der Waals surface area contributed by atoms with Gasteiger partial charge in [0, 0.05) is 25.0 Å². The molecular formula is C19H31ClN2O4. The maximum Gasteiger partial charge on any atom is 0.240 e. The fourth-order valence-corrected chi connectivity index (χ4v) is 3.11. The van der Waals surface area contributed by atoms with Crippen LogP contribution in [0.5, 0.6) is 11.5 Å². The minimum absolute atomic E-state index is 0. The van der Waals surface area contributed by atoms with Gasteiger partial charge in [0.2, 0.25) is 5.91 Å². The molecule has 1 aliphatic carbocycles. The van der Waals surface area contributed by atoms with E-state index in [9.17, 15) is 4.79 Å². The molecule has 0 bridgehead atoms. The Bertz CT molecular complexity index is 579. The Morgan fingerprint density at radius 3 is 2.42 bits per heavy atom. The molecule has 1 aromatic carbocycles. The lowest BCUT2D eigenvalue weighted by atomic mass is 9.54. The fraction of sp³-hybridized carbons (Fsp3) is 0.632. The monoisotopic (exact) mass is 386 g/mol. The third-order valence-electron chi connectivity index (χ3n) is 5.17. The number of nitrogens with two attached hydrogens (primary N) is 1. The molecule has 0 heterocycles. The third kappa shape index (κ3) is 4.61. The van der Waals surface area contributed by atoms with E-state index in [1.165, 1.54) is 0 Å². The van der Waals surface area contributed by atoms with Gasteiger partial charge in [-0.1, -0.05) is 13.8 Å². The third-order valence-corrected chi connectivity index (χ3v) is 5.17. The Balaban J connectivity index is 0.00000338. The van der Waals surface area contributed by atoms with Crippen molar-refractivity contribution in [2.24, 2.45) is 11.1 Å². The van der Waals surface area contributed by atoms with Crippen molar-refractivity contribution in [3.8, 4) is 11.5 Å². The topological polar surface area (TPSA) is 82.8 Å². The van der Waals surface area contributed by atoms with Crippen LogP contribution in [0.1, 0.15) is 33.6 Å². The molecule has 0 saturated heterocycles. The van der Waals surface area contributed by atoms with Gasteiger partial charge >= 0.3 is 0 Å². The summed E-state index contributed by atoms with van der Waals surface area (Å²) in [6, 6.07) is 7.42. The summed E-state index contributed by atoms with van der Waals surface area (Å²) in [5.41, 5.74) is 5.10. The molecule has 7 heteroatoms. The highest BCUT2D eigenvalue weighted by atomic mass is 35.5. The fourth-order valence-electron chi connectivity index (χ4n) is 3.11. The van der Waals surface area contributed by atoms with Crippen LogP contribution in [0.3, 0.4) is 0 Å². The van der Waals surface area contributed by atoms with Crippen molar-refractivity contribution in [3.63, 3.8) is 0 Å². The van der Waals surface area contributed by atoms with Crippen LogP contribution in [-0.2, 0) is 9.53 Å². The number of nitrogens with one attached hydrogen (secondary N) is 1. The first-order valence-corrected chi connectivity index (χ1v) is 8.80. The maximum atomic E-state index is 12.5. The SMILES string of the molecule is CCOC1CC(N)(C(=O)NCCCOc2ccc(OC)cc2)C1(C)C.Cl. The Morgan fingerprint density at radius 1 is 1.27 bits per heavy atom. The van der Waals surface area contributed by atoms with Gasteiger partial charge in [0.15, 0.2) is 0 Å². The quantitative estimate of drug-likeness (QED) is 0.637. The molecule has 1 aliphatic rings. The molecule has 1 amide bonds. The lowest BCUT2D eigenvalue weighted by molar-refractivity contribution is -0.170. The second-order valence-corrected chi connectivity index (χ2v) is 6.97. The number of halogens is 1. The minimum atomic E-state index is -0.871. The highest BCUT2D eigenvalue weighted by Crippen LogP contribution is 2.49. The van der Waals surface area contributed by atoms with Crippen LogP contribution in [0, 0.1) is 5.41 Å². The molecule has 1 fully saturated rings. The highest BCUT2D eigenvalue weighted by molar-refractivity contribution is 5.88. The summed E-state index contributed by atoms with van der Waals surface area (Å²) < 4.78 is 16.4.